The number of ether oxygens (including phenoxy) is 1. The summed E-state index contributed by atoms with van der Waals surface area (Å²) in [7, 11) is 2.22. The third kappa shape index (κ3) is 3.92. The van der Waals surface area contributed by atoms with Crippen molar-refractivity contribution in [3.8, 4) is 0 Å². The van der Waals surface area contributed by atoms with E-state index in [1.807, 2.05) is 0 Å². The first kappa shape index (κ1) is 14.3. The molecule has 4 heteroatoms. The van der Waals surface area contributed by atoms with Gasteiger partial charge < -0.3 is 15.0 Å². The predicted molar refractivity (Wildman–Crippen MR) is 75.0 cm³/mol. The van der Waals surface area contributed by atoms with Crippen LogP contribution in [-0.4, -0.2) is 74.4 Å². The van der Waals surface area contributed by atoms with Gasteiger partial charge in [0.25, 0.3) is 0 Å². The minimum atomic E-state index is 0.236. The second-order valence-electron chi connectivity index (χ2n) is 6.39. The summed E-state index contributed by atoms with van der Waals surface area (Å²) in [6.45, 7) is 12.1. The highest BCUT2D eigenvalue weighted by atomic mass is 16.5. The molecule has 0 spiro atoms. The van der Waals surface area contributed by atoms with E-state index in [4.69, 9.17) is 4.74 Å². The zero-order valence-electron chi connectivity index (χ0n) is 12.2. The summed E-state index contributed by atoms with van der Waals surface area (Å²) in [4.78, 5) is 4.99. The van der Waals surface area contributed by atoms with Crippen molar-refractivity contribution < 1.29 is 4.74 Å². The van der Waals surface area contributed by atoms with Gasteiger partial charge in [-0.1, -0.05) is 0 Å². The monoisotopic (exact) mass is 255 g/mol. The molecule has 0 aliphatic carbocycles. The predicted octanol–water partition coefficient (Wildman–Crippen LogP) is 0.781. The van der Waals surface area contributed by atoms with Crippen molar-refractivity contribution >= 4 is 0 Å². The van der Waals surface area contributed by atoms with Crippen LogP contribution in [0.5, 0.6) is 0 Å². The Morgan fingerprint density at radius 2 is 1.94 bits per heavy atom. The van der Waals surface area contributed by atoms with Gasteiger partial charge in [0.15, 0.2) is 0 Å². The van der Waals surface area contributed by atoms with Gasteiger partial charge in [-0.05, 0) is 40.3 Å². The summed E-state index contributed by atoms with van der Waals surface area (Å²) in [5.41, 5.74) is 0.236. The number of hydrogen-bond donors (Lipinski definition) is 1. The Kier molecular flexibility index (Phi) is 5.01. The second kappa shape index (κ2) is 6.33. The largest absolute Gasteiger partial charge is 0.379 e. The van der Waals surface area contributed by atoms with Crippen molar-refractivity contribution in [3.63, 3.8) is 0 Å². The molecule has 0 amide bonds. The SMILES string of the molecule is CN1CCCC(NCC(C)(C)N2CCOCC2)C1. The molecule has 0 saturated carbocycles. The van der Waals surface area contributed by atoms with Gasteiger partial charge in [0.1, 0.15) is 0 Å². The quantitative estimate of drug-likeness (QED) is 0.803. The summed E-state index contributed by atoms with van der Waals surface area (Å²) in [5, 5.41) is 3.77. The summed E-state index contributed by atoms with van der Waals surface area (Å²) in [6, 6.07) is 0.670. The lowest BCUT2D eigenvalue weighted by atomic mass is 10.00. The van der Waals surface area contributed by atoms with E-state index in [1.165, 1.54) is 25.9 Å². The lowest BCUT2D eigenvalue weighted by molar-refractivity contribution is -0.0110. The first-order valence-corrected chi connectivity index (χ1v) is 7.33. The Morgan fingerprint density at radius 1 is 1.22 bits per heavy atom. The lowest BCUT2D eigenvalue weighted by Crippen LogP contribution is -2.57. The Labute approximate surface area is 112 Å². The zero-order valence-corrected chi connectivity index (χ0v) is 12.2. The highest BCUT2D eigenvalue weighted by Gasteiger charge is 2.29. The standard InChI is InChI=1S/C14H29N3O/c1-14(2,17-7-9-18-10-8-17)12-15-13-5-4-6-16(3)11-13/h13,15H,4-12H2,1-3H3. The van der Waals surface area contributed by atoms with Crippen LogP contribution in [0.1, 0.15) is 26.7 Å². The Balaban J connectivity index is 1.76. The van der Waals surface area contributed by atoms with Gasteiger partial charge in [-0.25, -0.2) is 0 Å². The number of likely N-dealkylation sites (N-methyl/N-ethyl adjacent to an activating group) is 1. The van der Waals surface area contributed by atoms with Gasteiger partial charge in [0, 0.05) is 37.8 Å². The minimum Gasteiger partial charge on any atom is -0.379 e. The van der Waals surface area contributed by atoms with Crippen LogP contribution in [0.3, 0.4) is 0 Å². The molecule has 2 aliphatic heterocycles. The third-order valence-corrected chi connectivity index (χ3v) is 4.31. The van der Waals surface area contributed by atoms with E-state index in [1.54, 1.807) is 0 Å². The molecular weight excluding hydrogens is 226 g/mol. The molecule has 1 N–H and O–H groups in total. The topological polar surface area (TPSA) is 27.7 Å². The molecule has 0 aromatic carbocycles. The molecule has 1 atom stereocenters. The van der Waals surface area contributed by atoms with Crippen molar-refractivity contribution in [2.45, 2.75) is 38.3 Å². The van der Waals surface area contributed by atoms with Crippen LogP contribution in [0.2, 0.25) is 0 Å². The van der Waals surface area contributed by atoms with Crippen LogP contribution in [0.25, 0.3) is 0 Å². The van der Waals surface area contributed by atoms with Gasteiger partial charge >= 0.3 is 0 Å². The number of nitrogens with one attached hydrogen (secondary N) is 1. The number of piperidine rings is 1. The molecule has 0 aromatic rings. The number of rotatable bonds is 4. The molecule has 4 nitrogen and oxygen atoms in total. The molecule has 1 unspecified atom stereocenters. The van der Waals surface area contributed by atoms with Gasteiger partial charge in [0.05, 0.1) is 13.2 Å². The van der Waals surface area contributed by atoms with Crippen molar-refractivity contribution in [3.05, 3.63) is 0 Å². The van der Waals surface area contributed by atoms with E-state index in [9.17, 15) is 0 Å². The van der Waals surface area contributed by atoms with E-state index < -0.39 is 0 Å². The minimum absolute atomic E-state index is 0.236. The Bertz CT molecular complexity index is 251. The number of hydrogen-bond acceptors (Lipinski definition) is 4. The lowest BCUT2D eigenvalue weighted by Gasteiger charge is -2.42. The normalized spacial score (nSPS) is 28.5. The molecule has 0 bridgehead atoms. The van der Waals surface area contributed by atoms with Crippen LogP contribution in [0.15, 0.2) is 0 Å². The highest BCUT2D eigenvalue weighted by Crippen LogP contribution is 2.16. The van der Waals surface area contributed by atoms with E-state index in [2.05, 4.69) is 36.0 Å². The number of likely N-dealkylation sites (tertiary alicyclic amines) is 1. The summed E-state index contributed by atoms with van der Waals surface area (Å²) in [5.74, 6) is 0. The molecule has 0 radical (unpaired) electrons. The van der Waals surface area contributed by atoms with Gasteiger partial charge in [-0.15, -0.1) is 0 Å². The first-order chi connectivity index (χ1) is 8.58. The maximum Gasteiger partial charge on any atom is 0.0594 e. The van der Waals surface area contributed by atoms with Crippen LogP contribution in [-0.2, 0) is 4.74 Å². The Hall–Kier alpha value is -0.160. The van der Waals surface area contributed by atoms with Crippen LogP contribution in [0, 0.1) is 0 Å². The Morgan fingerprint density at radius 3 is 2.61 bits per heavy atom. The van der Waals surface area contributed by atoms with Crippen LogP contribution >= 0.6 is 0 Å². The fourth-order valence-electron chi connectivity index (χ4n) is 3.01. The summed E-state index contributed by atoms with van der Waals surface area (Å²) < 4.78 is 5.43. The average Bonchev–Trinajstić information content (AvgIpc) is 2.38. The molecule has 0 aromatic heterocycles. The smallest absolute Gasteiger partial charge is 0.0594 e. The van der Waals surface area contributed by atoms with E-state index in [0.29, 0.717) is 6.04 Å². The fraction of sp³-hybridized carbons (Fsp3) is 1.00. The van der Waals surface area contributed by atoms with Crippen molar-refractivity contribution in [1.82, 2.24) is 15.1 Å². The summed E-state index contributed by atoms with van der Waals surface area (Å²) >= 11 is 0. The maximum absolute atomic E-state index is 5.43. The van der Waals surface area contributed by atoms with Gasteiger partial charge in [-0.2, -0.15) is 0 Å². The molecule has 106 valence electrons. The molecule has 2 rings (SSSR count). The molecule has 18 heavy (non-hydrogen) atoms. The zero-order chi connectivity index (χ0) is 13.0. The van der Waals surface area contributed by atoms with E-state index >= 15 is 0 Å². The van der Waals surface area contributed by atoms with Gasteiger partial charge in [0.2, 0.25) is 0 Å². The maximum atomic E-state index is 5.43. The molecule has 2 saturated heterocycles. The second-order valence-corrected chi connectivity index (χ2v) is 6.39. The van der Waals surface area contributed by atoms with Gasteiger partial charge in [-0.3, -0.25) is 4.90 Å². The van der Waals surface area contributed by atoms with E-state index in [0.717, 1.165) is 32.8 Å². The highest BCUT2D eigenvalue weighted by molar-refractivity contribution is 4.87. The van der Waals surface area contributed by atoms with Crippen LogP contribution in [0.4, 0.5) is 0 Å². The van der Waals surface area contributed by atoms with E-state index in [-0.39, 0.29) is 5.54 Å². The molecule has 2 heterocycles. The van der Waals surface area contributed by atoms with Crippen molar-refractivity contribution in [2.75, 3.05) is 53.0 Å². The molecule has 2 fully saturated rings. The van der Waals surface area contributed by atoms with Crippen molar-refractivity contribution in [2.24, 2.45) is 0 Å². The van der Waals surface area contributed by atoms with Crippen LogP contribution < -0.4 is 5.32 Å². The number of nitrogens with zero attached hydrogens (tertiary/aromatic N) is 2. The van der Waals surface area contributed by atoms with Crippen molar-refractivity contribution in [1.29, 1.82) is 0 Å². The fourth-order valence-corrected chi connectivity index (χ4v) is 3.01. The third-order valence-electron chi connectivity index (χ3n) is 4.31. The molecular formula is C14H29N3O. The first-order valence-electron chi connectivity index (χ1n) is 7.33. The average molecular weight is 255 g/mol. The molecule has 2 aliphatic rings. The number of morpholine rings is 1. The summed E-state index contributed by atoms with van der Waals surface area (Å²) in [6.07, 6.45) is 2.65.